The summed E-state index contributed by atoms with van der Waals surface area (Å²) in [6, 6.07) is 0.494. The van der Waals surface area contributed by atoms with E-state index in [0.29, 0.717) is 12.0 Å². The lowest BCUT2D eigenvalue weighted by Crippen LogP contribution is -2.49. The van der Waals surface area contributed by atoms with Gasteiger partial charge in [-0.05, 0) is 38.8 Å². The van der Waals surface area contributed by atoms with Crippen LogP contribution in [-0.4, -0.2) is 56.4 Å². The highest BCUT2D eigenvalue weighted by atomic mass is 16.5. The molecule has 2 aliphatic rings. The predicted octanol–water partition coefficient (Wildman–Crippen LogP) is 1.98. The second-order valence-electron chi connectivity index (χ2n) is 6.36. The Bertz CT molecular complexity index is 306. The zero-order valence-electron chi connectivity index (χ0n) is 13.4. The van der Waals surface area contributed by atoms with E-state index in [1.807, 2.05) is 0 Å². The van der Waals surface area contributed by atoms with Gasteiger partial charge >= 0.3 is 6.03 Å². The molecule has 0 bridgehead atoms. The first-order valence-electron chi connectivity index (χ1n) is 8.63. The molecule has 2 atom stereocenters. The Morgan fingerprint density at radius 3 is 2.86 bits per heavy atom. The Morgan fingerprint density at radius 1 is 1.24 bits per heavy atom. The van der Waals surface area contributed by atoms with Crippen LogP contribution in [0.3, 0.4) is 0 Å². The van der Waals surface area contributed by atoms with Gasteiger partial charge in [-0.1, -0.05) is 19.8 Å². The molecule has 0 aromatic rings. The summed E-state index contributed by atoms with van der Waals surface area (Å²) in [5, 5.41) is 6.02. The number of piperidine rings is 1. The number of nitrogens with one attached hydrogen (secondary N) is 2. The third-order valence-electron chi connectivity index (χ3n) is 4.62. The van der Waals surface area contributed by atoms with E-state index in [9.17, 15) is 4.79 Å². The van der Waals surface area contributed by atoms with E-state index in [0.717, 1.165) is 32.7 Å². The van der Waals surface area contributed by atoms with E-state index in [2.05, 4.69) is 22.5 Å². The van der Waals surface area contributed by atoms with E-state index in [1.54, 1.807) is 0 Å². The number of unbranched alkanes of at least 4 members (excludes halogenated alkanes) is 1. The normalized spacial score (nSPS) is 26.7. The molecule has 2 aliphatic heterocycles. The fourth-order valence-electron chi connectivity index (χ4n) is 3.20. The first-order valence-corrected chi connectivity index (χ1v) is 8.63. The van der Waals surface area contributed by atoms with Crippen molar-refractivity contribution in [3.63, 3.8) is 0 Å². The third kappa shape index (κ3) is 5.83. The molecule has 2 amide bonds. The van der Waals surface area contributed by atoms with E-state index < -0.39 is 0 Å². The van der Waals surface area contributed by atoms with Crippen molar-refractivity contribution in [2.24, 2.45) is 5.92 Å². The highest BCUT2D eigenvalue weighted by molar-refractivity contribution is 5.73. The molecular formula is C16H31N3O2. The predicted molar refractivity (Wildman–Crippen MR) is 84.4 cm³/mol. The van der Waals surface area contributed by atoms with Crippen LogP contribution in [0.2, 0.25) is 0 Å². The molecule has 0 saturated carbocycles. The van der Waals surface area contributed by atoms with Gasteiger partial charge in [0.05, 0.1) is 6.61 Å². The lowest BCUT2D eigenvalue weighted by atomic mass is 10.0. The first kappa shape index (κ1) is 16.6. The van der Waals surface area contributed by atoms with Gasteiger partial charge in [-0.2, -0.15) is 0 Å². The zero-order valence-corrected chi connectivity index (χ0v) is 13.4. The number of likely N-dealkylation sites (tertiary alicyclic amines) is 1. The molecule has 122 valence electrons. The van der Waals surface area contributed by atoms with Gasteiger partial charge in [-0.25, -0.2) is 4.79 Å². The van der Waals surface area contributed by atoms with Gasteiger partial charge in [0.1, 0.15) is 0 Å². The number of amides is 2. The summed E-state index contributed by atoms with van der Waals surface area (Å²) in [7, 11) is 0. The van der Waals surface area contributed by atoms with Gasteiger partial charge < -0.3 is 15.4 Å². The molecule has 0 aromatic carbocycles. The van der Waals surface area contributed by atoms with Crippen LogP contribution < -0.4 is 10.6 Å². The molecule has 2 saturated heterocycles. The Kier molecular flexibility index (Phi) is 7.30. The van der Waals surface area contributed by atoms with Crippen molar-refractivity contribution in [2.75, 3.05) is 39.4 Å². The number of carbonyl (C=O) groups is 1. The molecule has 0 unspecified atom stereocenters. The summed E-state index contributed by atoms with van der Waals surface area (Å²) < 4.78 is 5.32. The molecule has 0 aliphatic carbocycles. The fourth-order valence-corrected chi connectivity index (χ4v) is 3.20. The van der Waals surface area contributed by atoms with Gasteiger partial charge in [0, 0.05) is 31.7 Å². The van der Waals surface area contributed by atoms with Crippen LogP contribution in [0.25, 0.3) is 0 Å². The Balaban J connectivity index is 1.63. The largest absolute Gasteiger partial charge is 0.381 e. The third-order valence-corrected chi connectivity index (χ3v) is 4.62. The van der Waals surface area contributed by atoms with Crippen LogP contribution in [-0.2, 0) is 4.74 Å². The Labute approximate surface area is 128 Å². The number of hydrogen-bond donors (Lipinski definition) is 2. The average Bonchev–Trinajstić information content (AvgIpc) is 3.03. The van der Waals surface area contributed by atoms with Gasteiger partial charge in [0.15, 0.2) is 0 Å². The van der Waals surface area contributed by atoms with E-state index in [4.69, 9.17) is 4.74 Å². The maximum Gasteiger partial charge on any atom is 0.314 e. The van der Waals surface area contributed by atoms with Crippen molar-refractivity contribution in [1.82, 2.24) is 15.5 Å². The van der Waals surface area contributed by atoms with E-state index >= 15 is 0 Å². The summed E-state index contributed by atoms with van der Waals surface area (Å²) in [5.41, 5.74) is 0. The van der Waals surface area contributed by atoms with Crippen molar-refractivity contribution in [3.05, 3.63) is 0 Å². The number of hydrogen-bond acceptors (Lipinski definition) is 3. The minimum Gasteiger partial charge on any atom is -0.381 e. The van der Waals surface area contributed by atoms with Crippen LogP contribution in [0, 0.1) is 5.92 Å². The quantitative estimate of drug-likeness (QED) is 0.755. The monoisotopic (exact) mass is 297 g/mol. The molecule has 0 radical (unpaired) electrons. The smallest absolute Gasteiger partial charge is 0.314 e. The molecule has 5 heteroatoms. The van der Waals surface area contributed by atoms with Crippen molar-refractivity contribution in [3.8, 4) is 0 Å². The number of carbonyl (C=O) groups excluding carboxylic acids is 1. The van der Waals surface area contributed by atoms with Gasteiger partial charge in [-0.3, -0.25) is 4.90 Å². The molecule has 21 heavy (non-hydrogen) atoms. The summed E-state index contributed by atoms with van der Waals surface area (Å²) in [6.07, 6.45) is 7.35. The van der Waals surface area contributed by atoms with Crippen LogP contribution in [0.15, 0.2) is 0 Å². The summed E-state index contributed by atoms with van der Waals surface area (Å²) >= 11 is 0. The average molecular weight is 297 g/mol. The molecule has 0 spiro atoms. The van der Waals surface area contributed by atoms with Crippen molar-refractivity contribution in [2.45, 2.75) is 51.5 Å². The highest BCUT2D eigenvalue weighted by Gasteiger charge is 2.22. The minimum atomic E-state index is -0.0251. The molecule has 2 heterocycles. The molecule has 2 N–H and O–H groups in total. The number of nitrogens with zero attached hydrogens (tertiary/aromatic N) is 1. The van der Waals surface area contributed by atoms with Crippen LogP contribution in [0.5, 0.6) is 0 Å². The van der Waals surface area contributed by atoms with Gasteiger partial charge in [-0.15, -0.1) is 0 Å². The number of urea groups is 1. The van der Waals surface area contributed by atoms with Crippen LogP contribution >= 0.6 is 0 Å². The van der Waals surface area contributed by atoms with Gasteiger partial charge in [0.25, 0.3) is 0 Å². The topological polar surface area (TPSA) is 53.6 Å². The minimum absolute atomic E-state index is 0.0251. The molecule has 2 fully saturated rings. The molecule has 5 nitrogen and oxygen atoms in total. The SMILES string of the molecule is CCCCN1CCCC[C@H]1CNC(=O)NC[C@H]1CCOC1. The fraction of sp³-hybridized carbons (Fsp3) is 0.938. The lowest BCUT2D eigenvalue weighted by molar-refractivity contribution is 0.144. The number of rotatable bonds is 7. The Morgan fingerprint density at radius 2 is 2.10 bits per heavy atom. The zero-order chi connectivity index (χ0) is 14.9. The molecular weight excluding hydrogens is 266 g/mol. The first-order chi connectivity index (χ1) is 10.3. The standard InChI is InChI=1S/C16H31N3O2/c1-2-3-8-19-9-5-4-6-15(19)12-18-16(20)17-11-14-7-10-21-13-14/h14-15H,2-13H2,1H3,(H2,17,18,20)/t14-,15+/m1/s1. The molecule has 2 rings (SSSR count). The van der Waals surface area contributed by atoms with Crippen molar-refractivity contribution in [1.29, 1.82) is 0 Å². The van der Waals surface area contributed by atoms with Crippen LogP contribution in [0.4, 0.5) is 4.79 Å². The highest BCUT2D eigenvalue weighted by Crippen LogP contribution is 2.17. The van der Waals surface area contributed by atoms with Crippen molar-refractivity contribution < 1.29 is 9.53 Å². The number of ether oxygens (including phenoxy) is 1. The second-order valence-corrected chi connectivity index (χ2v) is 6.36. The van der Waals surface area contributed by atoms with E-state index in [1.165, 1.54) is 45.2 Å². The van der Waals surface area contributed by atoms with E-state index in [-0.39, 0.29) is 6.03 Å². The maximum atomic E-state index is 11.9. The Hall–Kier alpha value is -0.810. The summed E-state index contributed by atoms with van der Waals surface area (Å²) in [6.45, 7) is 7.72. The summed E-state index contributed by atoms with van der Waals surface area (Å²) in [5.74, 6) is 0.492. The lowest BCUT2D eigenvalue weighted by Gasteiger charge is -2.35. The van der Waals surface area contributed by atoms with Gasteiger partial charge in [0.2, 0.25) is 0 Å². The molecule has 0 aromatic heterocycles. The van der Waals surface area contributed by atoms with Crippen molar-refractivity contribution >= 4 is 6.03 Å². The maximum absolute atomic E-state index is 11.9. The summed E-state index contributed by atoms with van der Waals surface area (Å²) in [4.78, 5) is 14.4. The van der Waals surface area contributed by atoms with Crippen LogP contribution in [0.1, 0.15) is 45.4 Å². The second kappa shape index (κ2) is 9.26.